The number of nitrogens with two attached hydrogens (primary N) is 1. The van der Waals surface area contributed by atoms with Crippen molar-refractivity contribution in [3.05, 3.63) is 28.8 Å². The number of likely N-dealkylation sites (tertiary alicyclic amines) is 1. The molecule has 2 rings (SSSR count). The van der Waals surface area contributed by atoms with Crippen molar-refractivity contribution in [2.75, 3.05) is 18.8 Å². The smallest absolute Gasteiger partial charge is 0.254 e. The first-order valence-electron chi connectivity index (χ1n) is 7.13. The van der Waals surface area contributed by atoms with Gasteiger partial charge in [0.05, 0.1) is 5.56 Å². The van der Waals surface area contributed by atoms with Crippen LogP contribution >= 0.6 is 11.6 Å². The van der Waals surface area contributed by atoms with Crippen LogP contribution in [0.15, 0.2) is 18.2 Å². The molecule has 114 valence electrons. The predicted molar refractivity (Wildman–Crippen MR) is 83.2 cm³/mol. The van der Waals surface area contributed by atoms with Crippen molar-refractivity contribution in [1.29, 1.82) is 0 Å². The van der Waals surface area contributed by atoms with E-state index in [1.807, 2.05) is 0 Å². The van der Waals surface area contributed by atoms with Crippen LogP contribution in [0.4, 0.5) is 5.69 Å². The average molecular weight is 310 g/mol. The van der Waals surface area contributed by atoms with Crippen LogP contribution in [0, 0.1) is 0 Å². The summed E-state index contributed by atoms with van der Waals surface area (Å²) in [6, 6.07) is 4.12. The Morgan fingerprint density at radius 3 is 2.57 bits per heavy atom. The van der Waals surface area contributed by atoms with Crippen molar-refractivity contribution in [2.24, 2.45) is 0 Å². The third kappa shape index (κ3) is 3.88. The molecule has 21 heavy (non-hydrogen) atoms. The highest BCUT2D eigenvalue weighted by atomic mass is 35.5. The number of amides is 2. The first kappa shape index (κ1) is 15.6. The van der Waals surface area contributed by atoms with E-state index in [1.165, 1.54) is 6.07 Å². The molecule has 5 nitrogen and oxygen atoms in total. The number of anilines is 1. The van der Waals surface area contributed by atoms with E-state index in [4.69, 9.17) is 17.3 Å². The van der Waals surface area contributed by atoms with Gasteiger partial charge in [0.25, 0.3) is 5.91 Å². The van der Waals surface area contributed by atoms with E-state index in [1.54, 1.807) is 24.0 Å². The lowest BCUT2D eigenvalue weighted by atomic mass is 10.1. The van der Waals surface area contributed by atoms with Crippen molar-refractivity contribution in [3.8, 4) is 0 Å². The molecule has 1 aromatic carbocycles. The van der Waals surface area contributed by atoms with Gasteiger partial charge in [-0.15, -0.1) is 0 Å². The minimum atomic E-state index is -0.564. The minimum Gasteiger partial charge on any atom is -0.398 e. The van der Waals surface area contributed by atoms with Crippen LogP contribution in [-0.2, 0) is 4.79 Å². The molecule has 1 saturated heterocycles. The lowest BCUT2D eigenvalue weighted by Gasteiger charge is -2.29. The Kier molecular flexibility index (Phi) is 5.07. The van der Waals surface area contributed by atoms with Gasteiger partial charge in [-0.25, -0.2) is 0 Å². The Bertz CT molecular complexity index is 542. The summed E-state index contributed by atoms with van der Waals surface area (Å²) in [4.78, 5) is 26.2. The number of piperidine rings is 1. The second-order valence-electron chi connectivity index (χ2n) is 5.31. The molecule has 1 aliphatic heterocycles. The summed E-state index contributed by atoms with van der Waals surface area (Å²) in [6.45, 7) is 3.23. The van der Waals surface area contributed by atoms with E-state index in [0.717, 1.165) is 32.4 Å². The van der Waals surface area contributed by atoms with Crippen molar-refractivity contribution in [2.45, 2.75) is 32.2 Å². The summed E-state index contributed by atoms with van der Waals surface area (Å²) in [5.41, 5.74) is 6.41. The van der Waals surface area contributed by atoms with Gasteiger partial charge in [0, 0.05) is 23.8 Å². The summed E-state index contributed by atoms with van der Waals surface area (Å²) in [5.74, 6) is -0.405. The number of nitrogens with zero attached hydrogens (tertiary/aromatic N) is 1. The van der Waals surface area contributed by atoms with E-state index >= 15 is 0 Å². The maximum Gasteiger partial charge on any atom is 0.254 e. The molecule has 2 amide bonds. The number of carbonyl (C=O) groups is 2. The molecule has 0 radical (unpaired) electrons. The van der Waals surface area contributed by atoms with Crippen LogP contribution < -0.4 is 11.1 Å². The van der Waals surface area contributed by atoms with Crippen molar-refractivity contribution >= 4 is 29.1 Å². The Hall–Kier alpha value is -1.75. The van der Waals surface area contributed by atoms with Crippen molar-refractivity contribution in [1.82, 2.24) is 10.2 Å². The molecule has 1 heterocycles. The third-order valence-electron chi connectivity index (χ3n) is 3.64. The van der Waals surface area contributed by atoms with Gasteiger partial charge in [-0.1, -0.05) is 11.6 Å². The molecule has 0 aliphatic carbocycles. The fourth-order valence-electron chi connectivity index (χ4n) is 2.46. The van der Waals surface area contributed by atoms with E-state index in [0.29, 0.717) is 16.3 Å². The molecule has 1 aromatic rings. The Balaban J connectivity index is 1.99. The van der Waals surface area contributed by atoms with Gasteiger partial charge in [0.2, 0.25) is 5.91 Å². The maximum absolute atomic E-state index is 12.3. The first-order chi connectivity index (χ1) is 9.99. The second kappa shape index (κ2) is 6.80. The van der Waals surface area contributed by atoms with Crippen LogP contribution in [0.1, 0.15) is 36.5 Å². The molecule has 1 unspecified atom stereocenters. The van der Waals surface area contributed by atoms with Gasteiger partial charge < -0.3 is 16.0 Å². The van der Waals surface area contributed by atoms with E-state index in [2.05, 4.69) is 5.32 Å². The Morgan fingerprint density at radius 2 is 1.95 bits per heavy atom. The summed E-state index contributed by atoms with van der Waals surface area (Å²) >= 11 is 5.81. The molecule has 0 saturated carbocycles. The van der Waals surface area contributed by atoms with E-state index < -0.39 is 6.04 Å². The molecule has 1 aliphatic rings. The summed E-state index contributed by atoms with van der Waals surface area (Å²) < 4.78 is 0. The summed E-state index contributed by atoms with van der Waals surface area (Å²) in [6.07, 6.45) is 3.21. The largest absolute Gasteiger partial charge is 0.398 e. The number of hydrogen-bond acceptors (Lipinski definition) is 3. The van der Waals surface area contributed by atoms with Gasteiger partial charge in [0.1, 0.15) is 6.04 Å². The molecular weight excluding hydrogens is 290 g/mol. The molecule has 6 heteroatoms. The Labute approximate surface area is 129 Å². The van der Waals surface area contributed by atoms with E-state index in [9.17, 15) is 9.59 Å². The molecule has 1 fully saturated rings. The summed E-state index contributed by atoms with van der Waals surface area (Å²) in [7, 11) is 0. The van der Waals surface area contributed by atoms with Crippen LogP contribution in [-0.4, -0.2) is 35.8 Å². The quantitative estimate of drug-likeness (QED) is 0.839. The monoisotopic (exact) mass is 309 g/mol. The number of nitrogen functional groups attached to an aromatic ring is 1. The maximum atomic E-state index is 12.3. The number of nitrogens with one attached hydrogen (secondary N) is 1. The Morgan fingerprint density at radius 1 is 1.29 bits per heavy atom. The average Bonchev–Trinajstić information content (AvgIpc) is 2.47. The summed E-state index contributed by atoms with van der Waals surface area (Å²) in [5, 5.41) is 3.17. The molecular formula is C15H20ClN3O2. The first-order valence-corrected chi connectivity index (χ1v) is 7.51. The number of benzene rings is 1. The lowest BCUT2D eigenvalue weighted by molar-refractivity contribution is -0.133. The number of halogens is 1. The number of carbonyl (C=O) groups excluding carboxylic acids is 2. The zero-order valence-electron chi connectivity index (χ0n) is 12.1. The second-order valence-corrected chi connectivity index (χ2v) is 5.75. The minimum absolute atomic E-state index is 0.0458. The predicted octanol–water partition coefficient (Wildman–Crippen LogP) is 2.05. The van der Waals surface area contributed by atoms with Crippen LogP contribution in [0.5, 0.6) is 0 Å². The third-order valence-corrected chi connectivity index (χ3v) is 3.88. The number of hydrogen-bond donors (Lipinski definition) is 2. The van der Waals surface area contributed by atoms with Crippen molar-refractivity contribution < 1.29 is 9.59 Å². The van der Waals surface area contributed by atoms with Gasteiger partial charge in [-0.05, 0) is 44.4 Å². The van der Waals surface area contributed by atoms with Gasteiger partial charge in [-0.2, -0.15) is 0 Å². The van der Waals surface area contributed by atoms with Gasteiger partial charge in [-0.3, -0.25) is 9.59 Å². The van der Waals surface area contributed by atoms with Crippen LogP contribution in [0.2, 0.25) is 5.02 Å². The zero-order chi connectivity index (χ0) is 15.4. The molecule has 3 N–H and O–H groups in total. The molecule has 1 atom stereocenters. The normalized spacial score (nSPS) is 16.4. The standard InChI is InChI=1S/C15H20ClN3O2/c1-10(15(21)19-7-3-2-4-8-19)18-14(20)12-6-5-11(16)9-13(12)17/h5-6,9-10H,2-4,7-8,17H2,1H3,(H,18,20). The van der Waals surface area contributed by atoms with Gasteiger partial charge >= 0.3 is 0 Å². The highest BCUT2D eigenvalue weighted by Crippen LogP contribution is 2.18. The molecule has 0 spiro atoms. The topological polar surface area (TPSA) is 75.4 Å². The van der Waals surface area contributed by atoms with Crippen molar-refractivity contribution in [3.63, 3.8) is 0 Å². The fraction of sp³-hybridized carbons (Fsp3) is 0.467. The number of rotatable bonds is 3. The van der Waals surface area contributed by atoms with Crippen LogP contribution in [0.25, 0.3) is 0 Å². The lowest BCUT2D eigenvalue weighted by Crippen LogP contribution is -2.48. The molecule has 0 bridgehead atoms. The van der Waals surface area contributed by atoms with Crippen LogP contribution in [0.3, 0.4) is 0 Å². The van der Waals surface area contributed by atoms with E-state index in [-0.39, 0.29) is 11.8 Å². The zero-order valence-corrected chi connectivity index (χ0v) is 12.8. The van der Waals surface area contributed by atoms with Gasteiger partial charge in [0.15, 0.2) is 0 Å². The fourth-order valence-corrected chi connectivity index (χ4v) is 2.65. The SMILES string of the molecule is CC(NC(=O)c1ccc(Cl)cc1N)C(=O)N1CCCCC1. The highest BCUT2D eigenvalue weighted by Gasteiger charge is 2.24. The highest BCUT2D eigenvalue weighted by molar-refractivity contribution is 6.31. The molecule has 0 aromatic heterocycles.